The summed E-state index contributed by atoms with van der Waals surface area (Å²) in [6.07, 6.45) is 2.93. The number of likely N-dealkylation sites (tertiary alicyclic amines) is 1. The second kappa shape index (κ2) is 4.79. The molecule has 3 N–H and O–H groups in total. The van der Waals surface area contributed by atoms with Crippen molar-refractivity contribution in [1.82, 2.24) is 4.90 Å². The third-order valence-corrected chi connectivity index (χ3v) is 4.31. The van der Waals surface area contributed by atoms with Gasteiger partial charge in [-0.25, -0.2) is 0 Å². The number of carbonyl (C=O) groups is 1. The number of aliphatic hydroxyl groups is 2. The zero-order valence-electron chi connectivity index (χ0n) is 10.9. The molecule has 0 aromatic carbocycles. The Labute approximate surface area is 107 Å². The van der Waals surface area contributed by atoms with Crippen molar-refractivity contribution in [3.63, 3.8) is 0 Å². The summed E-state index contributed by atoms with van der Waals surface area (Å²) in [4.78, 5) is 13.0. The van der Waals surface area contributed by atoms with E-state index in [-0.39, 0.29) is 5.92 Å². The maximum absolute atomic E-state index is 10.9. The Balaban J connectivity index is 1.85. The van der Waals surface area contributed by atoms with E-state index in [0.717, 1.165) is 13.0 Å². The summed E-state index contributed by atoms with van der Waals surface area (Å²) in [7, 11) is 0. The molecule has 0 bridgehead atoms. The minimum absolute atomic E-state index is 0.299. The van der Waals surface area contributed by atoms with E-state index >= 15 is 0 Å². The lowest BCUT2D eigenvalue weighted by molar-refractivity contribution is -0.145. The lowest BCUT2D eigenvalue weighted by atomic mass is 9.78. The molecule has 0 aromatic rings. The van der Waals surface area contributed by atoms with Crippen LogP contribution in [0.3, 0.4) is 0 Å². The van der Waals surface area contributed by atoms with Crippen molar-refractivity contribution in [3.8, 4) is 0 Å². The summed E-state index contributed by atoms with van der Waals surface area (Å²) in [5.41, 5.74) is -1.42. The van der Waals surface area contributed by atoms with Crippen LogP contribution in [0.5, 0.6) is 0 Å². The van der Waals surface area contributed by atoms with E-state index in [0.29, 0.717) is 38.8 Å². The van der Waals surface area contributed by atoms with Crippen LogP contribution in [0.1, 0.15) is 39.0 Å². The van der Waals surface area contributed by atoms with Gasteiger partial charge in [0.2, 0.25) is 0 Å². The Kier molecular flexibility index (Phi) is 3.67. The molecule has 1 unspecified atom stereocenters. The number of hydrogen-bond acceptors (Lipinski definition) is 4. The van der Waals surface area contributed by atoms with Gasteiger partial charge in [0.05, 0.1) is 17.1 Å². The normalized spacial score (nSPS) is 42.1. The van der Waals surface area contributed by atoms with Crippen LogP contribution in [-0.2, 0) is 4.79 Å². The number of carboxylic acid groups (broad SMARTS) is 1. The molecule has 1 aliphatic carbocycles. The van der Waals surface area contributed by atoms with E-state index in [4.69, 9.17) is 5.11 Å². The van der Waals surface area contributed by atoms with Crippen molar-refractivity contribution in [2.45, 2.75) is 50.2 Å². The van der Waals surface area contributed by atoms with E-state index in [1.54, 1.807) is 0 Å². The maximum atomic E-state index is 10.9. The molecule has 2 fully saturated rings. The topological polar surface area (TPSA) is 81.0 Å². The Morgan fingerprint density at radius 3 is 2.33 bits per heavy atom. The monoisotopic (exact) mass is 257 g/mol. The maximum Gasteiger partial charge on any atom is 0.306 e. The van der Waals surface area contributed by atoms with E-state index in [2.05, 4.69) is 4.90 Å². The molecular formula is C13H23NO4. The van der Waals surface area contributed by atoms with Gasteiger partial charge in [-0.05, 0) is 39.0 Å². The summed E-state index contributed by atoms with van der Waals surface area (Å²) in [6, 6.07) is 0. The molecule has 0 spiro atoms. The average Bonchev–Trinajstić information content (AvgIpc) is 2.57. The van der Waals surface area contributed by atoms with Gasteiger partial charge < -0.3 is 15.3 Å². The van der Waals surface area contributed by atoms with Gasteiger partial charge in [0.1, 0.15) is 0 Å². The van der Waals surface area contributed by atoms with Crippen LogP contribution in [0.2, 0.25) is 0 Å². The van der Waals surface area contributed by atoms with Crippen LogP contribution in [-0.4, -0.2) is 57.0 Å². The van der Waals surface area contributed by atoms with Crippen LogP contribution in [0.4, 0.5) is 0 Å². The van der Waals surface area contributed by atoms with Crippen molar-refractivity contribution >= 4 is 5.97 Å². The Morgan fingerprint density at radius 2 is 1.89 bits per heavy atom. The lowest BCUT2D eigenvalue weighted by Crippen LogP contribution is -2.46. The van der Waals surface area contributed by atoms with Gasteiger partial charge in [0, 0.05) is 19.6 Å². The van der Waals surface area contributed by atoms with E-state index in [9.17, 15) is 15.0 Å². The van der Waals surface area contributed by atoms with Crippen LogP contribution < -0.4 is 0 Å². The van der Waals surface area contributed by atoms with Crippen molar-refractivity contribution in [1.29, 1.82) is 0 Å². The standard InChI is InChI=1S/C13H23NO4/c1-12(17)6-7-14(8-12)9-13(18)4-2-10(3-5-13)11(15)16/h10,17-18H,2-9H2,1H3,(H,15,16). The molecule has 104 valence electrons. The first kappa shape index (κ1) is 13.8. The van der Waals surface area contributed by atoms with Gasteiger partial charge in [-0.1, -0.05) is 0 Å². The molecule has 1 saturated heterocycles. The summed E-state index contributed by atoms with van der Waals surface area (Å²) in [5.74, 6) is -1.05. The van der Waals surface area contributed by atoms with Gasteiger partial charge in [-0.15, -0.1) is 0 Å². The molecular weight excluding hydrogens is 234 g/mol. The molecule has 18 heavy (non-hydrogen) atoms. The van der Waals surface area contributed by atoms with E-state index in [1.807, 2.05) is 6.92 Å². The van der Waals surface area contributed by atoms with E-state index in [1.165, 1.54) is 0 Å². The first-order valence-corrected chi connectivity index (χ1v) is 6.70. The first-order chi connectivity index (χ1) is 8.30. The Bertz CT molecular complexity index is 321. The fourth-order valence-electron chi connectivity index (χ4n) is 3.15. The molecule has 0 aromatic heterocycles. The number of hydrogen-bond donors (Lipinski definition) is 3. The highest BCUT2D eigenvalue weighted by atomic mass is 16.4. The molecule has 1 aliphatic heterocycles. The predicted molar refractivity (Wildman–Crippen MR) is 66.2 cm³/mol. The number of aliphatic carboxylic acids is 1. The SMILES string of the molecule is CC1(O)CCN(CC2(O)CCC(C(=O)O)CC2)C1. The summed E-state index contributed by atoms with van der Waals surface area (Å²) in [5, 5.41) is 29.3. The molecule has 2 rings (SSSR count). The number of carboxylic acids is 1. The Hall–Kier alpha value is -0.650. The molecule has 1 saturated carbocycles. The van der Waals surface area contributed by atoms with Crippen molar-refractivity contribution in [2.24, 2.45) is 5.92 Å². The smallest absolute Gasteiger partial charge is 0.306 e. The molecule has 2 aliphatic rings. The second-order valence-electron chi connectivity index (χ2n) is 6.29. The van der Waals surface area contributed by atoms with Gasteiger partial charge in [0.25, 0.3) is 0 Å². The summed E-state index contributed by atoms with van der Waals surface area (Å²) in [6.45, 7) is 3.77. The van der Waals surface area contributed by atoms with Gasteiger partial charge >= 0.3 is 5.97 Å². The third kappa shape index (κ3) is 3.22. The summed E-state index contributed by atoms with van der Waals surface area (Å²) < 4.78 is 0. The highest BCUT2D eigenvalue weighted by molar-refractivity contribution is 5.70. The Morgan fingerprint density at radius 1 is 1.28 bits per heavy atom. The molecule has 1 atom stereocenters. The zero-order chi connectivity index (χ0) is 13.4. The lowest BCUT2D eigenvalue weighted by Gasteiger charge is -2.37. The quantitative estimate of drug-likeness (QED) is 0.684. The van der Waals surface area contributed by atoms with Gasteiger partial charge in [-0.3, -0.25) is 9.69 Å². The molecule has 1 heterocycles. The van der Waals surface area contributed by atoms with Crippen molar-refractivity contribution < 1.29 is 20.1 Å². The number of β-amino-alcohol motifs (C(OH)–C–C–N with tert-alkyl or cyclic N) is 2. The predicted octanol–water partition coefficient (Wildman–Crippen LogP) is 0.449. The first-order valence-electron chi connectivity index (χ1n) is 6.70. The highest BCUT2D eigenvalue weighted by Crippen LogP contribution is 2.34. The average molecular weight is 257 g/mol. The molecule has 0 radical (unpaired) electrons. The zero-order valence-corrected chi connectivity index (χ0v) is 10.9. The van der Waals surface area contributed by atoms with E-state index < -0.39 is 17.2 Å². The fourth-order valence-corrected chi connectivity index (χ4v) is 3.15. The highest BCUT2D eigenvalue weighted by Gasteiger charge is 2.40. The van der Waals surface area contributed by atoms with Crippen molar-refractivity contribution in [3.05, 3.63) is 0 Å². The van der Waals surface area contributed by atoms with Crippen LogP contribution in [0, 0.1) is 5.92 Å². The number of rotatable bonds is 3. The minimum atomic E-state index is -0.771. The largest absolute Gasteiger partial charge is 0.481 e. The van der Waals surface area contributed by atoms with Crippen LogP contribution in [0.15, 0.2) is 0 Å². The molecule has 5 heteroatoms. The number of nitrogens with zero attached hydrogens (tertiary/aromatic N) is 1. The minimum Gasteiger partial charge on any atom is -0.481 e. The van der Waals surface area contributed by atoms with Crippen LogP contribution >= 0.6 is 0 Å². The third-order valence-electron chi connectivity index (χ3n) is 4.31. The van der Waals surface area contributed by atoms with Gasteiger partial charge in [0.15, 0.2) is 0 Å². The second-order valence-corrected chi connectivity index (χ2v) is 6.29. The van der Waals surface area contributed by atoms with Gasteiger partial charge in [-0.2, -0.15) is 0 Å². The molecule has 0 amide bonds. The van der Waals surface area contributed by atoms with Crippen molar-refractivity contribution in [2.75, 3.05) is 19.6 Å². The summed E-state index contributed by atoms with van der Waals surface area (Å²) >= 11 is 0. The molecule has 5 nitrogen and oxygen atoms in total. The van der Waals surface area contributed by atoms with Crippen LogP contribution in [0.25, 0.3) is 0 Å². The fraction of sp³-hybridized carbons (Fsp3) is 0.923.